The van der Waals surface area contributed by atoms with Crippen LogP contribution in [0.5, 0.6) is 0 Å². The normalized spacial score (nSPS) is 24.7. The van der Waals surface area contributed by atoms with Crippen molar-refractivity contribution in [3.05, 3.63) is 28.0 Å². The van der Waals surface area contributed by atoms with Crippen molar-refractivity contribution in [2.45, 2.75) is 24.9 Å². The Hall–Kier alpha value is -0.650. The Labute approximate surface area is 105 Å². The van der Waals surface area contributed by atoms with E-state index in [1.807, 2.05) is 10.6 Å². The summed E-state index contributed by atoms with van der Waals surface area (Å²) in [5.41, 5.74) is 0.792. The molecule has 0 spiro atoms. The molecule has 2 heterocycles. The van der Waals surface area contributed by atoms with E-state index in [-0.39, 0.29) is 6.10 Å². The number of fused-ring (bicyclic) bond motifs is 1. The van der Waals surface area contributed by atoms with Crippen molar-refractivity contribution in [1.29, 1.82) is 0 Å². The first kappa shape index (κ1) is 10.5. The third kappa shape index (κ3) is 1.46. The summed E-state index contributed by atoms with van der Waals surface area (Å²) in [7, 11) is 0. The van der Waals surface area contributed by atoms with Crippen LogP contribution in [-0.4, -0.2) is 25.6 Å². The molecule has 1 saturated carbocycles. The highest BCUT2D eigenvalue weighted by Gasteiger charge is 2.32. The van der Waals surface area contributed by atoms with Crippen LogP contribution >= 0.6 is 27.5 Å². The number of hydrogen-bond donors (Lipinski definition) is 1. The Balaban J connectivity index is 2.16. The number of rotatable bonds is 1. The number of aromatic nitrogens is 3. The highest BCUT2D eigenvalue weighted by molar-refractivity contribution is 9.10. The van der Waals surface area contributed by atoms with Crippen LogP contribution in [0, 0.1) is 0 Å². The van der Waals surface area contributed by atoms with E-state index < -0.39 is 0 Å². The van der Waals surface area contributed by atoms with Gasteiger partial charge in [-0.05, 0) is 28.8 Å². The highest BCUT2D eigenvalue weighted by Crippen LogP contribution is 2.38. The third-order valence-corrected chi connectivity index (χ3v) is 3.80. The van der Waals surface area contributed by atoms with E-state index in [4.69, 9.17) is 11.6 Å². The molecule has 16 heavy (non-hydrogen) atoms. The molecular weight excluding hydrogens is 293 g/mol. The van der Waals surface area contributed by atoms with Gasteiger partial charge in [0.25, 0.3) is 0 Å². The molecule has 2 aromatic rings. The molecule has 2 aromatic heterocycles. The molecule has 1 fully saturated rings. The predicted octanol–water partition coefficient (Wildman–Crippen LogP) is 2.38. The SMILES string of the molecule is O[C@H]1C[C@@H](c2nc(Br)c3c(Cl)nccn32)C1. The average molecular weight is 303 g/mol. The quantitative estimate of drug-likeness (QED) is 0.880. The van der Waals surface area contributed by atoms with Crippen LogP contribution in [0.1, 0.15) is 24.6 Å². The van der Waals surface area contributed by atoms with Gasteiger partial charge < -0.3 is 5.11 Å². The zero-order valence-corrected chi connectivity index (χ0v) is 10.6. The minimum Gasteiger partial charge on any atom is -0.393 e. The summed E-state index contributed by atoms with van der Waals surface area (Å²) in [6, 6.07) is 0. The molecular formula is C10H9BrClN3O. The standard InChI is InChI=1S/C10H9BrClN3O/c11-8-7-9(12)13-1-2-15(7)10(14-8)5-3-6(16)4-5/h1-2,5-6,16H,3-4H2/t5-,6+. The summed E-state index contributed by atoms with van der Waals surface area (Å²) in [5, 5.41) is 9.76. The van der Waals surface area contributed by atoms with Gasteiger partial charge in [0.1, 0.15) is 15.9 Å². The van der Waals surface area contributed by atoms with Crippen molar-refractivity contribution >= 4 is 33.0 Å². The van der Waals surface area contributed by atoms with Crippen LogP contribution in [0.25, 0.3) is 5.52 Å². The predicted molar refractivity (Wildman–Crippen MR) is 63.7 cm³/mol. The Kier molecular flexibility index (Phi) is 2.42. The van der Waals surface area contributed by atoms with E-state index in [0.29, 0.717) is 15.7 Å². The van der Waals surface area contributed by atoms with E-state index >= 15 is 0 Å². The van der Waals surface area contributed by atoms with Gasteiger partial charge >= 0.3 is 0 Å². The molecule has 1 aliphatic rings. The zero-order chi connectivity index (χ0) is 11.3. The Bertz CT molecular complexity index is 550. The fourth-order valence-corrected chi connectivity index (χ4v) is 2.98. The molecule has 1 aliphatic carbocycles. The monoisotopic (exact) mass is 301 g/mol. The maximum Gasteiger partial charge on any atom is 0.155 e. The van der Waals surface area contributed by atoms with Gasteiger partial charge in [0.05, 0.1) is 6.10 Å². The van der Waals surface area contributed by atoms with Crippen LogP contribution in [0.3, 0.4) is 0 Å². The van der Waals surface area contributed by atoms with Gasteiger partial charge in [0, 0.05) is 18.3 Å². The van der Waals surface area contributed by atoms with Gasteiger partial charge in [-0.2, -0.15) is 0 Å². The number of aliphatic hydroxyl groups excluding tert-OH is 1. The molecule has 3 rings (SSSR count). The molecule has 0 atom stereocenters. The number of halogens is 2. The average Bonchev–Trinajstić information content (AvgIpc) is 2.53. The van der Waals surface area contributed by atoms with Crippen LogP contribution in [-0.2, 0) is 0 Å². The van der Waals surface area contributed by atoms with Crippen molar-refractivity contribution < 1.29 is 5.11 Å². The van der Waals surface area contributed by atoms with Crippen molar-refractivity contribution in [3.8, 4) is 0 Å². The van der Waals surface area contributed by atoms with E-state index in [9.17, 15) is 5.11 Å². The van der Waals surface area contributed by atoms with Gasteiger partial charge in [0.2, 0.25) is 0 Å². The lowest BCUT2D eigenvalue weighted by molar-refractivity contribution is 0.0715. The van der Waals surface area contributed by atoms with Gasteiger partial charge in [-0.25, -0.2) is 9.97 Å². The van der Waals surface area contributed by atoms with Crippen LogP contribution in [0.4, 0.5) is 0 Å². The first-order valence-corrected chi connectivity index (χ1v) is 6.20. The number of hydrogen-bond acceptors (Lipinski definition) is 3. The lowest BCUT2D eigenvalue weighted by atomic mass is 9.82. The summed E-state index contributed by atoms with van der Waals surface area (Å²) in [6.45, 7) is 0. The fourth-order valence-electron chi connectivity index (χ4n) is 2.07. The maximum atomic E-state index is 9.33. The van der Waals surface area contributed by atoms with Gasteiger partial charge in [-0.3, -0.25) is 4.40 Å². The fraction of sp³-hybridized carbons (Fsp3) is 0.400. The van der Waals surface area contributed by atoms with Gasteiger partial charge in [-0.1, -0.05) is 11.6 Å². The molecule has 0 aromatic carbocycles. The Morgan fingerprint density at radius 2 is 2.25 bits per heavy atom. The Morgan fingerprint density at radius 3 is 2.94 bits per heavy atom. The van der Waals surface area contributed by atoms with Crippen molar-refractivity contribution in [2.24, 2.45) is 0 Å². The number of nitrogens with zero attached hydrogens (tertiary/aromatic N) is 3. The van der Waals surface area contributed by atoms with E-state index in [1.54, 1.807) is 6.20 Å². The topological polar surface area (TPSA) is 50.4 Å². The second-order valence-corrected chi connectivity index (χ2v) is 5.13. The first-order chi connectivity index (χ1) is 7.66. The van der Waals surface area contributed by atoms with Gasteiger partial charge in [0.15, 0.2) is 5.15 Å². The molecule has 84 valence electrons. The molecule has 0 aliphatic heterocycles. The Morgan fingerprint density at radius 1 is 1.50 bits per heavy atom. The molecule has 1 N–H and O–H groups in total. The molecule has 4 nitrogen and oxygen atoms in total. The second kappa shape index (κ2) is 3.68. The summed E-state index contributed by atoms with van der Waals surface area (Å²) in [5.74, 6) is 1.25. The summed E-state index contributed by atoms with van der Waals surface area (Å²) >= 11 is 9.41. The molecule has 6 heteroatoms. The maximum absolute atomic E-state index is 9.33. The van der Waals surface area contributed by atoms with Gasteiger partial charge in [-0.15, -0.1) is 0 Å². The van der Waals surface area contributed by atoms with Crippen molar-refractivity contribution in [2.75, 3.05) is 0 Å². The number of aliphatic hydroxyl groups is 1. The second-order valence-electron chi connectivity index (χ2n) is 4.02. The molecule has 0 bridgehead atoms. The largest absolute Gasteiger partial charge is 0.393 e. The molecule has 0 amide bonds. The van der Waals surface area contributed by atoms with Crippen molar-refractivity contribution in [3.63, 3.8) is 0 Å². The van der Waals surface area contributed by atoms with Crippen LogP contribution < -0.4 is 0 Å². The lowest BCUT2D eigenvalue weighted by Crippen LogP contribution is -2.27. The van der Waals surface area contributed by atoms with E-state index in [2.05, 4.69) is 25.9 Å². The minimum absolute atomic E-state index is 0.187. The summed E-state index contributed by atoms with van der Waals surface area (Å²) < 4.78 is 2.65. The lowest BCUT2D eigenvalue weighted by Gasteiger charge is -2.30. The van der Waals surface area contributed by atoms with E-state index in [1.165, 1.54) is 0 Å². The minimum atomic E-state index is -0.187. The molecule has 0 saturated heterocycles. The zero-order valence-electron chi connectivity index (χ0n) is 8.27. The van der Waals surface area contributed by atoms with Crippen LogP contribution in [0.15, 0.2) is 17.0 Å². The van der Waals surface area contributed by atoms with Crippen molar-refractivity contribution in [1.82, 2.24) is 14.4 Å². The summed E-state index contributed by atoms with van der Waals surface area (Å²) in [6.07, 6.45) is 4.85. The van der Waals surface area contributed by atoms with Crippen LogP contribution in [0.2, 0.25) is 5.15 Å². The smallest absolute Gasteiger partial charge is 0.155 e. The first-order valence-electron chi connectivity index (χ1n) is 5.03. The molecule has 0 unspecified atom stereocenters. The van der Waals surface area contributed by atoms with E-state index in [0.717, 1.165) is 24.2 Å². The highest BCUT2D eigenvalue weighted by atomic mass is 79.9. The molecule has 0 radical (unpaired) electrons. The summed E-state index contributed by atoms with van der Waals surface area (Å²) in [4.78, 5) is 8.48. The number of imidazole rings is 1. The third-order valence-electron chi connectivity index (χ3n) is 2.97.